The van der Waals surface area contributed by atoms with E-state index in [9.17, 15) is 14.7 Å². The van der Waals surface area contributed by atoms with Crippen molar-refractivity contribution in [3.63, 3.8) is 0 Å². The van der Waals surface area contributed by atoms with Gasteiger partial charge in [0.1, 0.15) is 18.2 Å². The van der Waals surface area contributed by atoms with Gasteiger partial charge in [-0.15, -0.1) is 0 Å². The SMILES string of the molecule is COCc1nc(Cc2ccc(NC(=O)OCc3ccccc3)cc2)nc(N(C)C)c1CC(=O)O. The number of hydrogen-bond acceptors (Lipinski definition) is 7. The summed E-state index contributed by atoms with van der Waals surface area (Å²) in [4.78, 5) is 34.3. The highest BCUT2D eigenvalue weighted by Crippen LogP contribution is 2.22. The third kappa shape index (κ3) is 7.01. The molecule has 178 valence electrons. The predicted octanol–water partition coefficient (Wildman–Crippen LogP) is 3.66. The number of carbonyl (C=O) groups excluding carboxylic acids is 1. The van der Waals surface area contributed by atoms with Gasteiger partial charge in [-0.3, -0.25) is 10.1 Å². The smallest absolute Gasteiger partial charge is 0.411 e. The fourth-order valence-corrected chi connectivity index (χ4v) is 3.37. The third-order valence-electron chi connectivity index (χ3n) is 4.93. The van der Waals surface area contributed by atoms with Crippen LogP contribution >= 0.6 is 0 Å². The Kier molecular flexibility index (Phi) is 8.53. The van der Waals surface area contributed by atoms with Crippen molar-refractivity contribution in [2.75, 3.05) is 31.4 Å². The molecular formula is C25H28N4O5. The Morgan fingerprint density at radius 3 is 2.29 bits per heavy atom. The van der Waals surface area contributed by atoms with Gasteiger partial charge in [-0.05, 0) is 23.3 Å². The number of carboxylic acids is 1. The topological polar surface area (TPSA) is 114 Å². The quantitative estimate of drug-likeness (QED) is 0.467. The van der Waals surface area contributed by atoms with Crippen molar-refractivity contribution in [3.8, 4) is 0 Å². The number of carbonyl (C=O) groups is 2. The number of nitrogens with zero attached hydrogens (tertiary/aromatic N) is 3. The molecule has 0 radical (unpaired) electrons. The van der Waals surface area contributed by atoms with Gasteiger partial charge in [-0.25, -0.2) is 14.8 Å². The summed E-state index contributed by atoms with van der Waals surface area (Å²) < 4.78 is 10.5. The molecule has 1 heterocycles. The van der Waals surface area contributed by atoms with Crippen molar-refractivity contribution >= 4 is 23.6 Å². The Balaban J connectivity index is 1.69. The number of benzene rings is 2. The van der Waals surface area contributed by atoms with Gasteiger partial charge in [0.2, 0.25) is 0 Å². The minimum atomic E-state index is -0.956. The van der Waals surface area contributed by atoms with Gasteiger partial charge in [0.15, 0.2) is 0 Å². The maximum atomic E-state index is 12.1. The Morgan fingerprint density at radius 1 is 0.971 bits per heavy atom. The molecule has 9 nitrogen and oxygen atoms in total. The molecule has 0 saturated heterocycles. The second-order valence-electron chi connectivity index (χ2n) is 7.85. The highest BCUT2D eigenvalue weighted by atomic mass is 16.5. The second-order valence-corrected chi connectivity index (χ2v) is 7.85. The first-order valence-electron chi connectivity index (χ1n) is 10.7. The summed E-state index contributed by atoms with van der Waals surface area (Å²) in [5, 5.41) is 12.0. The normalized spacial score (nSPS) is 10.6. The molecule has 0 unspecified atom stereocenters. The van der Waals surface area contributed by atoms with Gasteiger partial charge in [-0.1, -0.05) is 42.5 Å². The minimum Gasteiger partial charge on any atom is -0.481 e. The fourth-order valence-electron chi connectivity index (χ4n) is 3.37. The van der Waals surface area contributed by atoms with E-state index in [4.69, 9.17) is 9.47 Å². The van der Waals surface area contributed by atoms with Crippen LogP contribution in [0.3, 0.4) is 0 Å². The Morgan fingerprint density at radius 2 is 1.68 bits per heavy atom. The van der Waals surface area contributed by atoms with Crippen LogP contribution in [0.15, 0.2) is 54.6 Å². The summed E-state index contributed by atoms with van der Waals surface area (Å²) in [6.45, 7) is 0.380. The minimum absolute atomic E-state index is 0.187. The van der Waals surface area contributed by atoms with Crippen LogP contribution in [0.25, 0.3) is 0 Å². The Bertz CT molecular complexity index is 1120. The maximum Gasteiger partial charge on any atom is 0.411 e. The van der Waals surface area contributed by atoms with Crippen LogP contribution < -0.4 is 10.2 Å². The van der Waals surface area contributed by atoms with Crippen LogP contribution in [0.2, 0.25) is 0 Å². The number of hydrogen-bond donors (Lipinski definition) is 2. The molecule has 0 fully saturated rings. The molecule has 1 aromatic heterocycles. The van der Waals surface area contributed by atoms with Gasteiger partial charge in [0.25, 0.3) is 0 Å². The van der Waals surface area contributed by atoms with Crippen LogP contribution in [-0.2, 0) is 40.3 Å². The van der Waals surface area contributed by atoms with Crippen molar-refractivity contribution in [1.82, 2.24) is 9.97 Å². The highest BCUT2D eigenvalue weighted by Gasteiger charge is 2.19. The molecule has 0 aliphatic rings. The number of anilines is 2. The zero-order chi connectivity index (χ0) is 24.5. The van der Waals surface area contributed by atoms with Crippen LogP contribution in [-0.4, -0.2) is 48.3 Å². The van der Waals surface area contributed by atoms with Gasteiger partial charge in [0, 0.05) is 38.9 Å². The molecule has 1 amide bonds. The van der Waals surface area contributed by atoms with E-state index in [0.717, 1.165) is 11.1 Å². The van der Waals surface area contributed by atoms with Crippen LogP contribution in [0.1, 0.15) is 28.2 Å². The van der Waals surface area contributed by atoms with Gasteiger partial charge >= 0.3 is 12.1 Å². The molecule has 0 aliphatic heterocycles. The van der Waals surface area contributed by atoms with Crippen molar-refractivity contribution in [2.24, 2.45) is 0 Å². The molecule has 2 aromatic carbocycles. The number of aromatic nitrogens is 2. The average molecular weight is 465 g/mol. The van der Waals surface area contributed by atoms with E-state index in [1.165, 1.54) is 7.11 Å². The lowest BCUT2D eigenvalue weighted by Crippen LogP contribution is -2.20. The van der Waals surface area contributed by atoms with Crippen molar-refractivity contribution < 1.29 is 24.2 Å². The number of methoxy groups -OCH3 is 1. The lowest BCUT2D eigenvalue weighted by atomic mass is 10.1. The van der Waals surface area contributed by atoms with Crippen LogP contribution in [0, 0.1) is 0 Å². The molecule has 2 N–H and O–H groups in total. The van der Waals surface area contributed by atoms with E-state index < -0.39 is 12.1 Å². The number of nitrogens with one attached hydrogen (secondary N) is 1. The Labute approximate surface area is 198 Å². The number of aliphatic carboxylic acids is 1. The molecule has 0 bridgehead atoms. The zero-order valence-corrected chi connectivity index (χ0v) is 19.4. The van der Waals surface area contributed by atoms with Gasteiger partial charge < -0.3 is 19.5 Å². The predicted molar refractivity (Wildman–Crippen MR) is 128 cm³/mol. The zero-order valence-electron chi connectivity index (χ0n) is 19.4. The van der Waals surface area contributed by atoms with E-state index in [1.54, 1.807) is 17.0 Å². The lowest BCUT2D eigenvalue weighted by molar-refractivity contribution is -0.136. The monoisotopic (exact) mass is 464 g/mol. The molecule has 34 heavy (non-hydrogen) atoms. The molecule has 3 rings (SSSR count). The molecule has 9 heteroatoms. The largest absolute Gasteiger partial charge is 0.481 e. The molecule has 0 spiro atoms. The van der Waals surface area contributed by atoms with E-state index >= 15 is 0 Å². The maximum absolute atomic E-state index is 12.1. The summed E-state index contributed by atoms with van der Waals surface area (Å²) in [7, 11) is 5.16. The van der Waals surface area contributed by atoms with Crippen LogP contribution in [0.4, 0.5) is 16.3 Å². The van der Waals surface area contributed by atoms with Gasteiger partial charge in [-0.2, -0.15) is 0 Å². The first-order valence-corrected chi connectivity index (χ1v) is 10.7. The number of amides is 1. The summed E-state index contributed by atoms with van der Waals surface area (Å²) in [5.41, 5.74) is 3.54. The van der Waals surface area contributed by atoms with E-state index in [0.29, 0.717) is 35.0 Å². The summed E-state index contributed by atoms with van der Waals surface area (Å²) in [6, 6.07) is 16.7. The van der Waals surface area contributed by atoms with Crippen LogP contribution in [0.5, 0.6) is 0 Å². The second kappa shape index (κ2) is 11.8. The van der Waals surface area contributed by atoms with E-state index in [1.807, 2.05) is 56.6 Å². The Hall–Kier alpha value is -3.98. The van der Waals surface area contributed by atoms with E-state index in [2.05, 4.69) is 15.3 Å². The van der Waals surface area contributed by atoms with Crippen molar-refractivity contribution in [1.29, 1.82) is 0 Å². The third-order valence-corrected chi connectivity index (χ3v) is 4.93. The number of ether oxygens (including phenoxy) is 2. The first-order chi connectivity index (χ1) is 16.4. The molecule has 3 aromatic rings. The molecular weight excluding hydrogens is 436 g/mol. The molecule has 0 saturated carbocycles. The molecule has 0 atom stereocenters. The van der Waals surface area contributed by atoms with Crippen molar-refractivity contribution in [3.05, 3.63) is 82.8 Å². The lowest BCUT2D eigenvalue weighted by Gasteiger charge is -2.19. The fraction of sp³-hybridized carbons (Fsp3) is 0.280. The summed E-state index contributed by atoms with van der Waals surface area (Å²) in [5.74, 6) is 0.147. The number of rotatable bonds is 10. The average Bonchev–Trinajstić information content (AvgIpc) is 2.81. The number of carboxylic acid groups (broad SMARTS) is 1. The van der Waals surface area contributed by atoms with E-state index in [-0.39, 0.29) is 19.6 Å². The summed E-state index contributed by atoms with van der Waals surface area (Å²) >= 11 is 0. The van der Waals surface area contributed by atoms with Gasteiger partial charge in [0.05, 0.1) is 18.7 Å². The highest BCUT2D eigenvalue weighted by molar-refractivity contribution is 5.84. The first kappa shape index (κ1) is 24.7. The summed E-state index contributed by atoms with van der Waals surface area (Å²) in [6.07, 6.45) is -0.287. The molecule has 0 aliphatic carbocycles. The van der Waals surface area contributed by atoms with Crippen molar-refractivity contribution in [2.45, 2.75) is 26.1 Å². The standard InChI is InChI=1S/C25H28N4O5/c1-29(2)24-20(14-23(30)31)21(16-33-3)27-22(28-24)13-17-9-11-19(12-10-17)26-25(32)34-15-18-7-5-4-6-8-18/h4-12H,13-16H2,1-3H3,(H,26,32)(H,30,31).